The van der Waals surface area contributed by atoms with E-state index in [1.54, 1.807) is 0 Å². The van der Waals surface area contributed by atoms with Crippen molar-refractivity contribution in [1.29, 1.82) is 0 Å². The third-order valence-electron chi connectivity index (χ3n) is 3.87. The Bertz CT molecular complexity index is 431. The molecule has 1 atom stereocenters. The van der Waals surface area contributed by atoms with Gasteiger partial charge in [-0.25, -0.2) is 0 Å². The number of benzene rings is 1. The summed E-state index contributed by atoms with van der Waals surface area (Å²) in [5.41, 5.74) is 2.46. The Balaban J connectivity index is 2.04. The van der Waals surface area contributed by atoms with Crippen LogP contribution in [0.15, 0.2) is 24.3 Å². The Hall–Kier alpha value is -1.35. The van der Waals surface area contributed by atoms with Gasteiger partial charge in [-0.05, 0) is 17.5 Å². The van der Waals surface area contributed by atoms with Gasteiger partial charge in [-0.3, -0.25) is 4.79 Å². The molecule has 1 N–H and O–H groups in total. The lowest BCUT2D eigenvalue weighted by Gasteiger charge is -2.29. The Morgan fingerprint density at radius 3 is 2.95 bits per heavy atom. The Morgan fingerprint density at radius 2 is 2.16 bits per heavy atom. The highest BCUT2D eigenvalue weighted by molar-refractivity contribution is 5.84. The molecule has 1 aromatic rings. The van der Waals surface area contributed by atoms with Gasteiger partial charge in [0, 0.05) is 26.7 Å². The molecular weight excluding hydrogens is 236 g/mol. The van der Waals surface area contributed by atoms with Gasteiger partial charge in [-0.2, -0.15) is 0 Å². The molecule has 0 bridgehead atoms. The van der Waals surface area contributed by atoms with Crippen molar-refractivity contribution in [2.75, 3.05) is 20.1 Å². The normalized spacial score (nSPS) is 17.9. The average molecular weight is 260 g/mol. The number of nitrogens with zero attached hydrogens (tertiary/aromatic N) is 1. The highest BCUT2D eigenvalue weighted by Gasteiger charge is 2.27. The van der Waals surface area contributed by atoms with E-state index >= 15 is 0 Å². The maximum Gasteiger partial charge on any atom is 0.231 e. The van der Waals surface area contributed by atoms with E-state index in [-0.39, 0.29) is 11.8 Å². The average Bonchev–Trinajstić information content (AvgIpc) is 2.46. The number of carbonyl (C=O) groups is 1. The van der Waals surface area contributed by atoms with E-state index in [9.17, 15) is 4.79 Å². The summed E-state index contributed by atoms with van der Waals surface area (Å²) in [6.45, 7) is 4.68. The Labute approximate surface area is 116 Å². The van der Waals surface area contributed by atoms with Gasteiger partial charge in [-0.1, -0.05) is 44.0 Å². The van der Waals surface area contributed by atoms with Crippen molar-refractivity contribution in [1.82, 2.24) is 10.2 Å². The fourth-order valence-electron chi connectivity index (χ4n) is 2.69. The number of hydrogen-bond donors (Lipinski definition) is 1. The van der Waals surface area contributed by atoms with Crippen molar-refractivity contribution in [3.05, 3.63) is 35.4 Å². The van der Waals surface area contributed by atoms with E-state index in [1.807, 2.05) is 24.1 Å². The van der Waals surface area contributed by atoms with E-state index in [4.69, 9.17) is 0 Å². The summed E-state index contributed by atoms with van der Waals surface area (Å²) in [5, 5.41) is 3.35. The second-order valence-corrected chi connectivity index (χ2v) is 5.35. The molecule has 104 valence electrons. The van der Waals surface area contributed by atoms with Crippen LogP contribution in [-0.4, -0.2) is 30.9 Å². The summed E-state index contributed by atoms with van der Waals surface area (Å²) in [6, 6.07) is 8.28. The number of unbranched alkanes of at least 4 members (excludes halogenated alkanes) is 2. The standard InChI is InChI=1S/C16H24N2O/c1-3-4-7-10-18(2)16(19)15-12-17-11-13-8-5-6-9-14(13)15/h5-6,8-9,15,17H,3-4,7,10-12H2,1-2H3. The summed E-state index contributed by atoms with van der Waals surface area (Å²) in [7, 11) is 1.93. The third-order valence-corrected chi connectivity index (χ3v) is 3.87. The largest absolute Gasteiger partial charge is 0.345 e. The predicted molar refractivity (Wildman–Crippen MR) is 78.1 cm³/mol. The molecule has 0 spiro atoms. The zero-order valence-electron chi connectivity index (χ0n) is 12.0. The molecule has 3 nitrogen and oxygen atoms in total. The van der Waals surface area contributed by atoms with Crippen LogP contribution in [0.4, 0.5) is 0 Å². The topological polar surface area (TPSA) is 32.3 Å². The molecule has 0 fully saturated rings. The lowest BCUT2D eigenvalue weighted by atomic mass is 9.90. The van der Waals surface area contributed by atoms with E-state index in [0.29, 0.717) is 0 Å². The maximum absolute atomic E-state index is 12.5. The van der Waals surface area contributed by atoms with Crippen molar-refractivity contribution in [2.45, 2.75) is 38.6 Å². The van der Waals surface area contributed by atoms with Crippen molar-refractivity contribution in [3.8, 4) is 0 Å². The van der Waals surface area contributed by atoms with Crippen molar-refractivity contribution in [2.24, 2.45) is 0 Å². The minimum absolute atomic E-state index is 0.0171. The van der Waals surface area contributed by atoms with Crippen LogP contribution in [0.25, 0.3) is 0 Å². The van der Waals surface area contributed by atoms with Crippen LogP contribution in [0, 0.1) is 0 Å². The second-order valence-electron chi connectivity index (χ2n) is 5.35. The monoisotopic (exact) mass is 260 g/mol. The van der Waals surface area contributed by atoms with Gasteiger partial charge < -0.3 is 10.2 Å². The first-order chi connectivity index (χ1) is 9.24. The molecule has 0 aliphatic carbocycles. The zero-order chi connectivity index (χ0) is 13.7. The van der Waals surface area contributed by atoms with Crippen molar-refractivity contribution < 1.29 is 4.79 Å². The van der Waals surface area contributed by atoms with Crippen LogP contribution in [0.1, 0.15) is 43.2 Å². The number of likely N-dealkylation sites (N-methyl/N-ethyl adjacent to an activating group) is 1. The van der Waals surface area contributed by atoms with Crippen molar-refractivity contribution >= 4 is 5.91 Å². The number of hydrogen-bond acceptors (Lipinski definition) is 2. The van der Waals surface area contributed by atoms with Gasteiger partial charge >= 0.3 is 0 Å². The molecule has 1 heterocycles. The summed E-state index contributed by atoms with van der Waals surface area (Å²) >= 11 is 0. The smallest absolute Gasteiger partial charge is 0.231 e. The van der Waals surface area contributed by atoms with Crippen molar-refractivity contribution in [3.63, 3.8) is 0 Å². The van der Waals surface area contributed by atoms with Crippen LogP contribution in [0.5, 0.6) is 0 Å². The highest BCUT2D eigenvalue weighted by atomic mass is 16.2. The third kappa shape index (κ3) is 3.35. The number of fused-ring (bicyclic) bond motifs is 1. The second kappa shape index (κ2) is 6.71. The molecule has 1 aromatic carbocycles. The summed E-state index contributed by atoms with van der Waals surface area (Å²) in [4.78, 5) is 14.4. The molecule has 0 saturated heterocycles. The van der Waals surface area contributed by atoms with Gasteiger partial charge in [0.2, 0.25) is 5.91 Å². The zero-order valence-corrected chi connectivity index (χ0v) is 12.0. The van der Waals surface area contributed by atoms with Gasteiger partial charge in [0.05, 0.1) is 5.92 Å². The fourth-order valence-corrected chi connectivity index (χ4v) is 2.69. The van der Waals surface area contributed by atoms with E-state index in [2.05, 4.69) is 24.4 Å². The van der Waals surface area contributed by atoms with Crippen LogP contribution in [0.2, 0.25) is 0 Å². The van der Waals surface area contributed by atoms with Crippen LogP contribution >= 0.6 is 0 Å². The highest BCUT2D eigenvalue weighted by Crippen LogP contribution is 2.25. The van der Waals surface area contributed by atoms with Gasteiger partial charge in [0.25, 0.3) is 0 Å². The lowest BCUT2D eigenvalue weighted by molar-refractivity contribution is -0.131. The molecule has 2 rings (SSSR count). The van der Waals surface area contributed by atoms with Gasteiger partial charge in [0.1, 0.15) is 0 Å². The SMILES string of the molecule is CCCCCN(C)C(=O)C1CNCc2ccccc21. The fraction of sp³-hybridized carbons (Fsp3) is 0.562. The first-order valence-electron chi connectivity index (χ1n) is 7.27. The maximum atomic E-state index is 12.5. The molecule has 19 heavy (non-hydrogen) atoms. The molecule has 1 aliphatic rings. The lowest BCUT2D eigenvalue weighted by Crippen LogP contribution is -2.40. The van der Waals surface area contributed by atoms with Gasteiger partial charge in [0.15, 0.2) is 0 Å². The van der Waals surface area contributed by atoms with E-state index < -0.39 is 0 Å². The van der Waals surface area contributed by atoms with Crippen LogP contribution in [-0.2, 0) is 11.3 Å². The first kappa shape index (κ1) is 14.1. The predicted octanol–water partition coefficient (Wildman–Crippen LogP) is 2.52. The summed E-state index contributed by atoms with van der Waals surface area (Å²) in [5.74, 6) is 0.229. The quantitative estimate of drug-likeness (QED) is 0.825. The summed E-state index contributed by atoms with van der Waals surface area (Å²) in [6.07, 6.45) is 3.48. The molecule has 1 aliphatic heterocycles. The first-order valence-corrected chi connectivity index (χ1v) is 7.27. The number of rotatable bonds is 5. The molecular formula is C16H24N2O. The minimum atomic E-state index is -0.0171. The minimum Gasteiger partial charge on any atom is -0.345 e. The molecule has 0 aromatic heterocycles. The number of carbonyl (C=O) groups excluding carboxylic acids is 1. The molecule has 3 heteroatoms. The number of nitrogens with one attached hydrogen (secondary N) is 1. The Kier molecular flexibility index (Phi) is 4.97. The molecule has 1 amide bonds. The van der Waals surface area contributed by atoms with E-state index in [1.165, 1.54) is 24.0 Å². The molecule has 1 unspecified atom stereocenters. The molecule has 0 radical (unpaired) electrons. The van der Waals surface area contributed by atoms with Crippen LogP contribution in [0.3, 0.4) is 0 Å². The summed E-state index contributed by atoms with van der Waals surface area (Å²) < 4.78 is 0. The van der Waals surface area contributed by atoms with E-state index in [0.717, 1.165) is 26.1 Å². The van der Waals surface area contributed by atoms with Crippen LogP contribution < -0.4 is 5.32 Å². The van der Waals surface area contributed by atoms with Gasteiger partial charge in [-0.15, -0.1) is 0 Å². The molecule has 0 saturated carbocycles. The Morgan fingerprint density at radius 1 is 1.37 bits per heavy atom. The number of amides is 1.